The summed E-state index contributed by atoms with van der Waals surface area (Å²) in [5, 5.41) is 0.917. The average molecular weight is 299 g/mol. The van der Waals surface area contributed by atoms with E-state index >= 15 is 0 Å². The molecular weight excluding hydrogens is 289 g/mol. The zero-order valence-electron chi connectivity index (χ0n) is 7.85. The van der Waals surface area contributed by atoms with Gasteiger partial charge < -0.3 is 0 Å². The molecule has 15 heavy (non-hydrogen) atoms. The predicted molar refractivity (Wildman–Crippen MR) is 60.6 cm³/mol. The van der Waals surface area contributed by atoms with E-state index < -0.39 is 11.7 Å². The van der Waals surface area contributed by atoms with Gasteiger partial charge in [0.05, 0.1) is 5.56 Å². The second-order valence-corrected chi connectivity index (χ2v) is 4.87. The Labute approximate surface area is 99.4 Å². The Bertz CT molecular complexity index is 295. The molecule has 0 unspecified atom stereocenters. The largest absolute Gasteiger partial charge is 0.416 e. The highest BCUT2D eigenvalue weighted by molar-refractivity contribution is 9.09. The van der Waals surface area contributed by atoms with Crippen LogP contribution in [-0.4, -0.2) is 11.1 Å². The van der Waals surface area contributed by atoms with Crippen molar-refractivity contribution in [3.63, 3.8) is 0 Å². The van der Waals surface area contributed by atoms with Gasteiger partial charge in [0.2, 0.25) is 0 Å². The molecule has 0 saturated carbocycles. The van der Waals surface area contributed by atoms with E-state index in [-0.39, 0.29) is 0 Å². The van der Waals surface area contributed by atoms with Gasteiger partial charge in [-0.3, -0.25) is 0 Å². The van der Waals surface area contributed by atoms with Crippen LogP contribution in [-0.2, 0) is 6.18 Å². The van der Waals surface area contributed by atoms with Crippen LogP contribution in [0.2, 0.25) is 0 Å². The molecule has 0 aliphatic rings. The Balaban J connectivity index is 2.57. The molecule has 5 heteroatoms. The molecule has 0 N–H and O–H groups in total. The van der Waals surface area contributed by atoms with E-state index in [1.54, 1.807) is 11.8 Å². The summed E-state index contributed by atoms with van der Waals surface area (Å²) in [4.78, 5) is 0.879. The van der Waals surface area contributed by atoms with Crippen molar-refractivity contribution in [2.45, 2.75) is 17.5 Å². The fourth-order valence-corrected chi connectivity index (χ4v) is 2.49. The lowest BCUT2D eigenvalue weighted by atomic mass is 10.2. The summed E-state index contributed by atoms with van der Waals surface area (Å²) >= 11 is 4.87. The van der Waals surface area contributed by atoms with E-state index in [1.807, 2.05) is 0 Å². The van der Waals surface area contributed by atoms with E-state index in [4.69, 9.17) is 0 Å². The molecule has 1 aromatic rings. The summed E-state index contributed by atoms with van der Waals surface area (Å²) in [7, 11) is 0. The summed E-state index contributed by atoms with van der Waals surface area (Å²) in [5.74, 6) is 0.913. The molecule has 0 amide bonds. The van der Waals surface area contributed by atoms with Gasteiger partial charge in [-0.05, 0) is 36.4 Å². The molecule has 0 aliphatic carbocycles. The summed E-state index contributed by atoms with van der Waals surface area (Å²) < 4.78 is 36.6. The molecule has 0 bridgehead atoms. The van der Waals surface area contributed by atoms with Crippen molar-refractivity contribution >= 4 is 27.7 Å². The minimum absolute atomic E-state index is 0.590. The van der Waals surface area contributed by atoms with Crippen LogP contribution in [0.15, 0.2) is 29.2 Å². The van der Waals surface area contributed by atoms with Crippen molar-refractivity contribution in [3.8, 4) is 0 Å². The molecule has 0 saturated heterocycles. The standard InChI is InChI=1S/C10H10BrF3S/c11-6-1-7-15-9-4-2-8(3-5-9)10(12,13)14/h2-5H,1,6-7H2. The van der Waals surface area contributed by atoms with Crippen molar-refractivity contribution < 1.29 is 13.2 Å². The van der Waals surface area contributed by atoms with Crippen molar-refractivity contribution in [2.75, 3.05) is 11.1 Å². The SMILES string of the molecule is FC(F)(F)c1ccc(SCCCBr)cc1. The van der Waals surface area contributed by atoms with Gasteiger partial charge in [0.25, 0.3) is 0 Å². The molecular formula is C10H10BrF3S. The molecule has 0 atom stereocenters. The van der Waals surface area contributed by atoms with Gasteiger partial charge in [-0.2, -0.15) is 13.2 Å². The van der Waals surface area contributed by atoms with E-state index in [0.717, 1.165) is 34.5 Å². The maximum atomic E-state index is 12.2. The normalized spacial score (nSPS) is 11.7. The monoisotopic (exact) mass is 298 g/mol. The van der Waals surface area contributed by atoms with E-state index in [1.165, 1.54) is 12.1 Å². The van der Waals surface area contributed by atoms with Crippen LogP contribution < -0.4 is 0 Å². The topological polar surface area (TPSA) is 0 Å². The Kier molecular flexibility index (Phi) is 4.99. The van der Waals surface area contributed by atoms with Crippen LogP contribution in [0.3, 0.4) is 0 Å². The molecule has 0 radical (unpaired) electrons. The second kappa shape index (κ2) is 5.80. The first-order valence-corrected chi connectivity index (χ1v) is 6.51. The van der Waals surface area contributed by atoms with Crippen molar-refractivity contribution in [1.82, 2.24) is 0 Å². The zero-order valence-corrected chi connectivity index (χ0v) is 10.3. The molecule has 0 aromatic heterocycles. The highest BCUT2D eigenvalue weighted by Crippen LogP contribution is 2.30. The number of hydrogen-bond donors (Lipinski definition) is 0. The molecule has 0 heterocycles. The predicted octanol–water partition coefficient (Wildman–Crippen LogP) is 4.58. The minimum atomic E-state index is -4.24. The number of thioether (sulfide) groups is 1. The Morgan fingerprint density at radius 1 is 1.13 bits per heavy atom. The smallest absolute Gasteiger partial charge is 0.166 e. The third kappa shape index (κ3) is 4.47. The zero-order chi connectivity index (χ0) is 11.3. The fraction of sp³-hybridized carbons (Fsp3) is 0.400. The number of benzene rings is 1. The first-order chi connectivity index (χ1) is 7.04. The van der Waals surface area contributed by atoms with E-state index in [0.29, 0.717) is 0 Å². The average Bonchev–Trinajstić information content (AvgIpc) is 2.18. The molecule has 0 aliphatic heterocycles. The molecule has 0 fully saturated rings. The Hall–Kier alpha value is -0.160. The van der Waals surface area contributed by atoms with Crippen LogP contribution in [0, 0.1) is 0 Å². The first-order valence-electron chi connectivity index (χ1n) is 4.40. The van der Waals surface area contributed by atoms with Crippen LogP contribution in [0.5, 0.6) is 0 Å². The Morgan fingerprint density at radius 2 is 1.73 bits per heavy atom. The molecule has 0 spiro atoms. The molecule has 1 rings (SSSR count). The lowest BCUT2D eigenvalue weighted by Gasteiger charge is -2.07. The van der Waals surface area contributed by atoms with Crippen LogP contribution >= 0.6 is 27.7 Å². The van der Waals surface area contributed by atoms with Gasteiger partial charge in [-0.15, -0.1) is 11.8 Å². The minimum Gasteiger partial charge on any atom is -0.166 e. The van der Waals surface area contributed by atoms with Gasteiger partial charge in [-0.25, -0.2) is 0 Å². The molecule has 0 nitrogen and oxygen atoms in total. The van der Waals surface area contributed by atoms with Crippen LogP contribution in [0.1, 0.15) is 12.0 Å². The second-order valence-electron chi connectivity index (χ2n) is 2.91. The van der Waals surface area contributed by atoms with Gasteiger partial charge in [-0.1, -0.05) is 15.9 Å². The van der Waals surface area contributed by atoms with Crippen molar-refractivity contribution in [3.05, 3.63) is 29.8 Å². The van der Waals surface area contributed by atoms with Gasteiger partial charge in [0.1, 0.15) is 0 Å². The maximum absolute atomic E-state index is 12.2. The van der Waals surface area contributed by atoms with Gasteiger partial charge >= 0.3 is 6.18 Å². The lowest BCUT2D eigenvalue weighted by molar-refractivity contribution is -0.137. The maximum Gasteiger partial charge on any atom is 0.416 e. The third-order valence-corrected chi connectivity index (χ3v) is 3.39. The third-order valence-electron chi connectivity index (χ3n) is 1.73. The Morgan fingerprint density at radius 3 is 2.20 bits per heavy atom. The highest BCUT2D eigenvalue weighted by Gasteiger charge is 2.29. The summed E-state index contributed by atoms with van der Waals surface area (Å²) in [6.45, 7) is 0. The van der Waals surface area contributed by atoms with Crippen LogP contribution in [0.25, 0.3) is 0 Å². The number of hydrogen-bond acceptors (Lipinski definition) is 1. The first kappa shape index (κ1) is 12.9. The summed E-state index contributed by atoms with van der Waals surface area (Å²) in [6.07, 6.45) is -3.23. The number of alkyl halides is 4. The number of halogens is 4. The lowest BCUT2D eigenvalue weighted by Crippen LogP contribution is -2.03. The van der Waals surface area contributed by atoms with E-state index in [2.05, 4.69) is 15.9 Å². The fourth-order valence-electron chi connectivity index (χ4n) is 0.985. The summed E-state index contributed by atoms with van der Waals surface area (Å²) in [6, 6.07) is 5.27. The highest BCUT2D eigenvalue weighted by atomic mass is 79.9. The van der Waals surface area contributed by atoms with Gasteiger partial charge in [0.15, 0.2) is 0 Å². The van der Waals surface area contributed by atoms with Crippen LogP contribution in [0.4, 0.5) is 13.2 Å². The quantitative estimate of drug-likeness (QED) is 0.445. The van der Waals surface area contributed by atoms with Crippen molar-refractivity contribution in [2.24, 2.45) is 0 Å². The van der Waals surface area contributed by atoms with E-state index in [9.17, 15) is 13.2 Å². The number of rotatable bonds is 4. The summed E-state index contributed by atoms with van der Waals surface area (Å²) in [5.41, 5.74) is -0.590. The van der Waals surface area contributed by atoms with Gasteiger partial charge in [0, 0.05) is 10.2 Å². The molecule has 84 valence electrons. The molecule has 1 aromatic carbocycles. The van der Waals surface area contributed by atoms with Crippen molar-refractivity contribution in [1.29, 1.82) is 0 Å².